The molecule has 2 aromatic carbocycles. The van der Waals surface area contributed by atoms with Crippen molar-refractivity contribution in [3.8, 4) is 5.75 Å². The molecule has 0 saturated heterocycles. The molecule has 21 heavy (non-hydrogen) atoms. The summed E-state index contributed by atoms with van der Waals surface area (Å²) in [5, 5.41) is 9.37. The molecular weight excluding hydrogens is 328 g/mol. The van der Waals surface area contributed by atoms with E-state index in [2.05, 4.69) is 52.1 Å². The zero-order valence-electron chi connectivity index (χ0n) is 12.3. The Morgan fingerprint density at radius 1 is 1.00 bits per heavy atom. The van der Waals surface area contributed by atoms with E-state index in [1.165, 1.54) is 5.56 Å². The van der Waals surface area contributed by atoms with Gasteiger partial charge < -0.3 is 4.74 Å². The van der Waals surface area contributed by atoms with Crippen LogP contribution in [0.1, 0.15) is 25.3 Å². The Hall–Kier alpha value is -1.68. The Morgan fingerprint density at radius 3 is 2.38 bits per heavy atom. The lowest BCUT2D eigenvalue weighted by Gasteiger charge is -2.05. The molecule has 0 atom stereocenters. The molecule has 0 bridgehead atoms. The highest BCUT2D eigenvalue weighted by Gasteiger charge is 1.99. The highest BCUT2D eigenvalue weighted by atomic mass is 79.9. The topological polar surface area (TPSA) is 34.0 Å². The second kappa shape index (κ2) is 7.93. The predicted molar refractivity (Wildman–Crippen MR) is 90.4 cm³/mol. The van der Waals surface area contributed by atoms with Crippen molar-refractivity contribution in [2.24, 2.45) is 10.2 Å². The van der Waals surface area contributed by atoms with E-state index in [0.717, 1.165) is 22.5 Å². The van der Waals surface area contributed by atoms with Crippen LogP contribution in [-0.4, -0.2) is 11.9 Å². The van der Waals surface area contributed by atoms with Gasteiger partial charge in [-0.25, -0.2) is 0 Å². The standard InChI is InChI=1S/C17H19BrN2O/c1-13(2)14-4-3-5-16(12-14)20-19-15-6-8-17(9-7-15)21-11-10-18/h3-9,12-13H,10-11H2,1-2H3. The van der Waals surface area contributed by atoms with E-state index in [9.17, 15) is 0 Å². The van der Waals surface area contributed by atoms with Gasteiger partial charge >= 0.3 is 0 Å². The van der Waals surface area contributed by atoms with Crippen LogP contribution >= 0.6 is 15.9 Å². The average molecular weight is 347 g/mol. The summed E-state index contributed by atoms with van der Waals surface area (Å²) >= 11 is 3.33. The smallest absolute Gasteiger partial charge is 0.119 e. The molecule has 0 radical (unpaired) electrons. The molecule has 0 saturated carbocycles. The first-order valence-corrected chi connectivity index (χ1v) is 8.11. The molecule has 0 amide bonds. The number of hydrogen-bond donors (Lipinski definition) is 0. The monoisotopic (exact) mass is 346 g/mol. The van der Waals surface area contributed by atoms with Crippen molar-refractivity contribution in [1.82, 2.24) is 0 Å². The van der Waals surface area contributed by atoms with Gasteiger partial charge in [0.05, 0.1) is 18.0 Å². The van der Waals surface area contributed by atoms with Crippen LogP contribution in [0.15, 0.2) is 58.8 Å². The largest absolute Gasteiger partial charge is 0.493 e. The van der Waals surface area contributed by atoms with Gasteiger partial charge in [-0.3, -0.25) is 0 Å². The van der Waals surface area contributed by atoms with E-state index in [0.29, 0.717) is 12.5 Å². The maximum absolute atomic E-state index is 5.50. The third kappa shape index (κ3) is 4.97. The van der Waals surface area contributed by atoms with Crippen molar-refractivity contribution in [2.45, 2.75) is 19.8 Å². The van der Waals surface area contributed by atoms with Crippen molar-refractivity contribution in [3.05, 3.63) is 54.1 Å². The fraction of sp³-hybridized carbons (Fsp3) is 0.294. The first-order chi connectivity index (χ1) is 10.2. The summed E-state index contributed by atoms with van der Waals surface area (Å²) in [4.78, 5) is 0. The van der Waals surface area contributed by atoms with Crippen LogP contribution in [0, 0.1) is 0 Å². The van der Waals surface area contributed by atoms with Crippen LogP contribution < -0.4 is 4.74 Å². The third-order valence-corrected chi connectivity index (χ3v) is 3.32. The van der Waals surface area contributed by atoms with Crippen LogP contribution in [0.25, 0.3) is 0 Å². The molecule has 0 fully saturated rings. The normalized spacial score (nSPS) is 11.2. The van der Waals surface area contributed by atoms with Gasteiger partial charge in [-0.15, -0.1) is 0 Å². The van der Waals surface area contributed by atoms with Gasteiger partial charge in [0.2, 0.25) is 0 Å². The second-order valence-electron chi connectivity index (χ2n) is 4.98. The Morgan fingerprint density at radius 2 is 1.71 bits per heavy atom. The van der Waals surface area contributed by atoms with Gasteiger partial charge in [0.1, 0.15) is 5.75 Å². The molecule has 2 aromatic rings. The molecule has 0 aliphatic heterocycles. The summed E-state index contributed by atoms with van der Waals surface area (Å²) in [5.41, 5.74) is 2.96. The SMILES string of the molecule is CC(C)c1cccc(N=Nc2ccc(OCCBr)cc2)c1. The number of benzene rings is 2. The first-order valence-electron chi connectivity index (χ1n) is 6.99. The van der Waals surface area contributed by atoms with Crippen molar-refractivity contribution >= 4 is 27.3 Å². The van der Waals surface area contributed by atoms with E-state index in [1.807, 2.05) is 36.4 Å². The number of azo groups is 1. The lowest BCUT2D eigenvalue weighted by molar-refractivity contribution is 0.345. The lowest BCUT2D eigenvalue weighted by atomic mass is 10.0. The number of hydrogen-bond acceptors (Lipinski definition) is 3. The molecule has 0 unspecified atom stereocenters. The molecule has 0 N–H and O–H groups in total. The second-order valence-corrected chi connectivity index (χ2v) is 5.77. The molecule has 2 rings (SSSR count). The number of nitrogens with zero attached hydrogens (tertiary/aromatic N) is 2. The van der Waals surface area contributed by atoms with Gasteiger partial charge in [-0.2, -0.15) is 10.2 Å². The maximum atomic E-state index is 5.50. The van der Waals surface area contributed by atoms with Crippen molar-refractivity contribution in [1.29, 1.82) is 0 Å². The Bertz CT molecular complexity index is 594. The van der Waals surface area contributed by atoms with E-state index in [4.69, 9.17) is 4.74 Å². The van der Waals surface area contributed by atoms with Gasteiger partial charge in [0, 0.05) is 5.33 Å². The molecular formula is C17H19BrN2O. The molecule has 4 heteroatoms. The molecule has 0 heterocycles. The Labute approximate surface area is 134 Å². The molecule has 110 valence electrons. The lowest BCUT2D eigenvalue weighted by Crippen LogP contribution is -1.96. The fourth-order valence-corrected chi connectivity index (χ4v) is 1.99. The molecule has 0 spiro atoms. The summed E-state index contributed by atoms with van der Waals surface area (Å²) in [5.74, 6) is 1.33. The van der Waals surface area contributed by atoms with E-state index in [-0.39, 0.29) is 0 Å². The molecule has 0 aromatic heterocycles. The van der Waals surface area contributed by atoms with Crippen molar-refractivity contribution in [2.75, 3.05) is 11.9 Å². The molecule has 3 nitrogen and oxygen atoms in total. The fourth-order valence-electron chi connectivity index (χ4n) is 1.83. The van der Waals surface area contributed by atoms with Crippen LogP contribution in [0.2, 0.25) is 0 Å². The van der Waals surface area contributed by atoms with Crippen LogP contribution in [0.4, 0.5) is 11.4 Å². The predicted octanol–water partition coefficient (Wildman–Crippen LogP) is 6.00. The number of ether oxygens (including phenoxy) is 1. The highest BCUT2D eigenvalue weighted by molar-refractivity contribution is 9.09. The molecule has 0 aliphatic rings. The van der Waals surface area contributed by atoms with Gasteiger partial charge in [-0.1, -0.05) is 41.9 Å². The Kier molecular flexibility index (Phi) is 5.93. The summed E-state index contributed by atoms with van der Waals surface area (Å²) in [6, 6.07) is 15.8. The quantitative estimate of drug-likeness (QED) is 0.466. The van der Waals surface area contributed by atoms with Gasteiger partial charge in [-0.05, 0) is 47.9 Å². The summed E-state index contributed by atoms with van der Waals surface area (Å²) in [6.45, 7) is 4.99. The van der Waals surface area contributed by atoms with Crippen LogP contribution in [0.5, 0.6) is 5.75 Å². The minimum Gasteiger partial charge on any atom is -0.493 e. The van der Waals surface area contributed by atoms with E-state index in [1.54, 1.807) is 0 Å². The number of alkyl halides is 1. The first kappa shape index (κ1) is 15.7. The van der Waals surface area contributed by atoms with Crippen LogP contribution in [0.3, 0.4) is 0 Å². The number of rotatable bonds is 6. The van der Waals surface area contributed by atoms with Crippen molar-refractivity contribution in [3.63, 3.8) is 0 Å². The van der Waals surface area contributed by atoms with E-state index < -0.39 is 0 Å². The summed E-state index contributed by atoms with van der Waals surface area (Å²) in [6.07, 6.45) is 0. The van der Waals surface area contributed by atoms with Crippen molar-refractivity contribution < 1.29 is 4.74 Å². The van der Waals surface area contributed by atoms with Gasteiger partial charge in [0.25, 0.3) is 0 Å². The Balaban J connectivity index is 2.05. The third-order valence-electron chi connectivity index (χ3n) is 3.00. The van der Waals surface area contributed by atoms with Gasteiger partial charge in [0.15, 0.2) is 0 Å². The van der Waals surface area contributed by atoms with Crippen LogP contribution in [-0.2, 0) is 0 Å². The summed E-state index contributed by atoms with van der Waals surface area (Å²) < 4.78 is 5.50. The van der Waals surface area contributed by atoms with E-state index >= 15 is 0 Å². The zero-order chi connectivity index (χ0) is 15.1. The average Bonchev–Trinajstić information content (AvgIpc) is 2.52. The highest BCUT2D eigenvalue weighted by Crippen LogP contribution is 2.24. The molecule has 0 aliphatic carbocycles. The summed E-state index contributed by atoms with van der Waals surface area (Å²) in [7, 11) is 0. The minimum absolute atomic E-state index is 0.492. The number of halogens is 1. The minimum atomic E-state index is 0.492. The maximum Gasteiger partial charge on any atom is 0.119 e. The zero-order valence-corrected chi connectivity index (χ0v) is 13.9.